The van der Waals surface area contributed by atoms with E-state index in [0.717, 1.165) is 5.56 Å². The van der Waals surface area contributed by atoms with Crippen LogP contribution < -0.4 is 0 Å². The topological polar surface area (TPSA) is 40.9 Å². The lowest BCUT2D eigenvalue weighted by atomic mass is 10.1. The van der Waals surface area contributed by atoms with Gasteiger partial charge in [-0.2, -0.15) is 5.26 Å². The molecule has 1 radical (unpaired) electrons. The first-order valence-corrected chi connectivity index (χ1v) is 3.71. The molecular formula is C10H8NO. The maximum Gasteiger partial charge on any atom is 0.198 e. The molecule has 2 heteroatoms. The first-order valence-electron chi connectivity index (χ1n) is 3.71. The predicted molar refractivity (Wildman–Crippen MR) is 45.2 cm³/mol. The van der Waals surface area contributed by atoms with Gasteiger partial charge in [-0.1, -0.05) is 12.1 Å². The molecule has 0 aromatic heterocycles. The van der Waals surface area contributed by atoms with Crippen molar-refractivity contribution in [1.29, 1.82) is 5.26 Å². The summed E-state index contributed by atoms with van der Waals surface area (Å²) >= 11 is 0. The van der Waals surface area contributed by atoms with Crippen molar-refractivity contribution in [2.75, 3.05) is 0 Å². The Morgan fingerprint density at radius 1 is 1.42 bits per heavy atom. The minimum Gasteiger partial charge on any atom is -0.291 e. The summed E-state index contributed by atoms with van der Waals surface area (Å²) in [6.07, 6.45) is 2.88. The molecule has 0 fully saturated rings. The van der Waals surface area contributed by atoms with E-state index in [1.165, 1.54) is 0 Å². The maximum atomic E-state index is 9.94. The van der Waals surface area contributed by atoms with Crippen LogP contribution >= 0.6 is 0 Å². The van der Waals surface area contributed by atoms with Crippen molar-refractivity contribution in [1.82, 2.24) is 0 Å². The van der Waals surface area contributed by atoms with Crippen molar-refractivity contribution in [3.05, 3.63) is 35.4 Å². The highest BCUT2D eigenvalue weighted by atomic mass is 16.1. The normalized spacial score (nSPS) is 8.92. The minimum atomic E-state index is 0.398. The smallest absolute Gasteiger partial charge is 0.198 e. The van der Waals surface area contributed by atoms with Gasteiger partial charge in [0.25, 0.3) is 0 Å². The van der Waals surface area contributed by atoms with E-state index in [2.05, 4.69) is 0 Å². The first-order chi connectivity index (χ1) is 5.86. The summed E-state index contributed by atoms with van der Waals surface area (Å²) in [5, 5.41) is 8.56. The number of hydrogen-bond donors (Lipinski definition) is 0. The van der Waals surface area contributed by atoms with E-state index in [1.54, 1.807) is 12.1 Å². The zero-order chi connectivity index (χ0) is 8.81. The van der Waals surface area contributed by atoms with E-state index in [1.807, 2.05) is 24.5 Å². The molecule has 0 spiro atoms. The lowest BCUT2D eigenvalue weighted by molar-refractivity contribution is 0.551. The third-order valence-electron chi connectivity index (χ3n) is 1.57. The van der Waals surface area contributed by atoms with Gasteiger partial charge in [0.15, 0.2) is 6.29 Å². The second-order valence-electron chi connectivity index (χ2n) is 2.46. The van der Waals surface area contributed by atoms with E-state index in [-0.39, 0.29) is 0 Å². The van der Waals surface area contributed by atoms with Crippen molar-refractivity contribution in [3.63, 3.8) is 0 Å². The molecule has 0 unspecified atom stereocenters. The highest BCUT2D eigenvalue weighted by molar-refractivity contribution is 5.51. The Bertz CT molecular complexity index is 312. The van der Waals surface area contributed by atoms with E-state index < -0.39 is 0 Å². The summed E-state index contributed by atoms with van der Waals surface area (Å²) in [6.45, 7) is 0. The van der Waals surface area contributed by atoms with E-state index in [9.17, 15) is 4.79 Å². The van der Waals surface area contributed by atoms with Crippen molar-refractivity contribution in [2.24, 2.45) is 0 Å². The number of nitriles is 1. The highest BCUT2D eigenvalue weighted by Gasteiger charge is 1.94. The molecule has 0 aliphatic rings. The lowest BCUT2D eigenvalue weighted by Crippen LogP contribution is -1.86. The third kappa shape index (κ3) is 2.21. The van der Waals surface area contributed by atoms with Crippen molar-refractivity contribution in [3.8, 4) is 6.07 Å². The van der Waals surface area contributed by atoms with Gasteiger partial charge in [0.1, 0.15) is 0 Å². The van der Waals surface area contributed by atoms with Crippen LogP contribution in [-0.4, -0.2) is 6.29 Å². The number of aryl methyl sites for hydroxylation is 1. The van der Waals surface area contributed by atoms with E-state index >= 15 is 0 Å². The second-order valence-corrected chi connectivity index (χ2v) is 2.46. The number of rotatable bonds is 3. The van der Waals surface area contributed by atoms with Crippen LogP contribution in [0.25, 0.3) is 0 Å². The predicted octanol–water partition coefficient (Wildman–Crippen LogP) is 1.60. The number of carbonyl (C=O) groups excluding carboxylic acids is 1. The Morgan fingerprint density at radius 3 is 2.92 bits per heavy atom. The van der Waals surface area contributed by atoms with Crippen LogP contribution in [0.4, 0.5) is 0 Å². The third-order valence-corrected chi connectivity index (χ3v) is 1.57. The van der Waals surface area contributed by atoms with E-state index in [0.29, 0.717) is 18.4 Å². The maximum absolute atomic E-state index is 9.94. The quantitative estimate of drug-likeness (QED) is 0.670. The molecule has 0 amide bonds. The van der Waals surface area contributed by atoms with Gasteiger partial charge in [0.2, 0.25) is 0 Å². The van der Waals surface area contributed by atoms with Crippen LogP contribution in [0.5, 0.6) is 0 Å². The zero-order valence-electron chi connectivity index (χ0n) is 6.58. The summed E-state index contributed by atoms with van der Waals surface area (Å²) in [5.74, 6) is 0. The molecule has 1 aromatic rings. The molecular weight excluding hydrogens is 150 g/mol. The van der Waals surface area contributed by atoms with Gasteiger partial charge in [-0.15, -0.1) is 0 Å². The first kappa shape index (κ1) is 8.48. The molecule has 2 nitrogen and oxygen atoms in total. The van der Waals surface area contributed by atoms with Gasteiger partial charge in [0.05, 0.1) is 11.6 Å². The molecule has 0 heterocycles. The SMILES string of the molecule is N#Cc1cccc(CC[C]=O)c1. The summed E-state index contributed by atoms with van der Waals surface area (Å²) in [5.41, 5.74) is 1.65. The molecule has 0 bridgehead atoms. The molecule has 0 aliphatic heterocycles. The monoisotopic (exact) mass is 158 g/mol. The van der Waals surface area contributed by atoms with Gasteiger partial charge >= 0.3 is 0 Å². The fraction of sp³-hybridized carbons (Fsp3) is 0.200. The van der Waals surface area contributed by atoms with Crippen molar-refractivity contribution < 1.29 is 4.79 Å². The highest BCUT2D eigenvalue weighted by Crippen LogP contribution is 2.05. The summed E-state index contributed by atoms with van der Waals surface area (Å²) in [7, 11) is 0. The van der Waals surface area contributed by atoms with Crippen LogP contribution in [-0.2, 0) is 11.2 Å². The molecule has 12 heavy (non-hydrogen) atoms. The number of benzene rings is 1. The van der Waals surface area contributed by atoms with Crippen molar-refractivity contribution >= 4 is 6.29 Å². The zero-order valence-corrected chi connectivity index (χ0v) is 6.58. The molecule has 1 aromatic carbocycles. The summed E-state index contributed by atoms with van der Waals surface area (Å²) < 4.78 is 0. The van der Waals surface area contributed by atoms with Crippen LogP contribution in [0.15, 0.2) is 24.3 Å². The molecule has 0 N–H and O–H groups in total. The average molecular weight is 158 g/mol. The summed E-state index contributed by atoms with van der Waals surface area (Å²) in [6, 6.07) is 9.30. The molecule has 0 saturated carbocycles. The molecule has 0 saturated heterocycles. The Labute approximate surface area is 71.4 Å². The van der Waals surface area contributed by atoms with Crippen LogP contribution in [0, 0.1) is 11.3 Å². The Kier molecular flexibility index (Phi) is 3.04. The van der Waals surface area contributed by atoms with Gasteiger partial charge in [-0.05, 0) is 24.1 Å². The molecule has 0 atom stereocenters. The molecule has 59 valence electrons. The van der Waals surface area contributed by atoms with Crippen LogP contribution in [0.1, 0.15) is 17.5 Å². The van der Waals surface area contributed by atoms with E-state index in [4.69, 9.17) is 5.26 Å². The fourth-order valence-electron chi connectivity index (χ4n) is 0.992. The standard InChI is InChI=1S/C10H8NO/c11-8-10-4-1-3-9(7-10)5-2-6-12/h1,3-4,7H,2,5H2. The largest absolute Gasteiger partial charge is 0.291 e. The Morgan fingerprint density at radius 2 is 2.25 bits per heavy atom. The van der Waals surface area contributed by atoms with Gasteiger partial charge in [-0.25, -0.2) is 0 Å². The lowest BCUT2D eigenvalue weighted by Gasteiger charge is -1.96. The van der Waals surface area contributed by atoms with Gasteiger partial charge < -0.3 is 0 Å². The molecule has 1 rings (SSSR count). The molecule has 0 aliphatic carbocycles. The average Bonchev–Trinajstić information content (AvgIpc) is 2.15. The Hall–Kier alpha value is -1.62. The summed E-state index contributed by atoms with van der Waals surface area (Å²) in [4.78, 5) is 9.94. The van der Waals surface area contributed by atoms with Gasteiger partial charge in [0, 0.05) is 6.42 Å². The number of hydrogen-bond acceptors (Lipinski definition) is 2. The van der Waals surface area contributed by atoms with Crippen LogP contribution in [0.3, 0.4) is 0 Å². The number of nitrogens with zero attached hydrogens (tertiary/aromatic N) is 1. The second kappa shape index (κ2) is 4.30. The van der Waals surface area contributed by atoms with Crippen molar-refractivity contribution in [2.45, 2.75) is 12.8 Å². The Balaban J connectivity index is 2.74. The minimum absolute atomic E-state index is 0.398. The fourth-order valence-corrected chi connectivity index (χ4v) is 0.992. The van der Waals surface area contributed by atoms with Gasteiger partial charge in [-0.3, -0.25) is 4.79 Å². The van der Waals surface area contributed by atoms with Crippen LogP contribution in [0.2, 0.25) is 0 Å².